The van der Waals surface area contributed by atoms with Crippen molar-refractivity contribution in [3.8, 4) is 0 Å². The van der Waals surface area contributed by atoms with E-state index in [0.29, 0.717) is 0 Å². The summed E-state index contributed by atoms with van der Waals surface area (Å²) in [6.45, 7) is 11.8. The van der Waals surface area contributed by atoms with E-state index < -0.39 is 30.1 Å². The number of hydrogen-bond acceptors (Lipinski definition) is 4. The molecule has 0 aromatic rings. The highest BCUT2D eigenvalue weighted by atomic mass is 16.4. The Labute approximate surface area is 150 Å². The van der Waals surface area contributed by atoms with E-state index in [1.54, 1.807) is 13.0 Å². The van der Waals surface area contributed by atoms with Gasteiger partial charge in [-0.05, 0) is 53.4 Å². The van der Waals surface area contributed by atoms with E-state index in [1.807, 2.05) is 0 Å². The van der Waals surface area contributed by atoms with Crippen LogP contribution >= 0.6 is 0 Å². The van der Waals surface area contributed by atoms with Gasteiger partial charge in [-0.15, -0.1) is 6.58 Å². The molecule has 0 rings (SSSR count). The predicted molar refractivity (Wildman–Crippen MR) is 98.4 cm³/mol. The third-order valence-corrected chi connectivity index (χ3v) is 3.33. The zero-order valence-corrected chi connectivity index (χ0v) is 15.7. The van der Waals surface area contributed by atoms with Crippen LogP contribution in [0.2, 0.25) is 0 Å². The van der Waals surface area contributed by atoms with Crippen molar-refractivity contribution < 1.29 is 30.0 Å². The molecule has 0 fully saturated rings. The molecule has 4 N–H and O–H groups in total. The normalized spacial score (nSPS) is 14.4. The van der Waals surface area contributed by atoms with Gasteiger partial charge in [0.05, 0.1) is 12.0 Å². The minimum atomic E-state index is -1.79. The van der Waals surface area contributed by atoms with Crippen LogP contribution in [0.15, 0.2) is 36.0 Å². The molecule has 0 aliphatic heterocycles. The van der Waals surface area contributed by atoms with Crippen molar-refractivity contribution in [1.82, 2.24) is 0 Å². The van der Waals surface area contributed by atoms with Crippen molar-refractivity contribution in [2.45, 2.75) is 71.5 Å². The number of aliphatic carboxylic acids is 2. The van der Waals surface area contributed by atoms with Crippen LogP contribution in [0, 0.1) is 0 Å². The van der Waals surface area contributed by atoms with E-state index in [1.165, 1.54) is 11.1 Å². The Morgan fingerprint density at radius 1 is 1.12 bits per heavy atom. The van der Waals surface area contributed by atoms with Gasteiger partial charge < -0.3 is 20.4 Å². The number of rotatable bonds is 10. The Balaban J connectivity index is 0. The summed E-state index contributed by atoms with van der Waals surface area (Å²) >= 11 is 0. The van der Waals surface area contributed by atoms with Gasteiger partial charge in [-0.25, -0.2) is 4.79 Å². The van der Waals surface area contributed by atoms with Gasteiger partial charge in [0.2, 0.25) is 0 Å². The quantitative estimate of drug-likeness (QED) is 0.446. The summed E-state index contributed by atoms with van der Waals surface area (Å²) in [5.41, 5.74) is 2.05. The highest BCUT2D eigenvalue weighted by molar-refractivity contribution is 5.79. The molecule has 0 saturated heterocycles. The van der Waals surface area contributed by atoms with E-state index in [9.17, 15) is 14.7 Å². The predicted octanol–water partition coefficient (Wildman–Crippen LogP) is 3.30. The summed E-state index contributed by atoms with van der Waals surface area (Å²) < 4.78 is 0. The number of aliphatic hydroxyl groups excluding tert-OH is 1. The number of allylic oxidation sites excluding steroid dienone is 4. The fourth-order valence-electron chi connectivity index (χ4n) is 1.66. The topological polar surface area (TPSA) is 115 Å². The SMILES string of the molecule is C=CC(C)(O)CCC=C(C)CCC=C(C)C.O=C(O)CC(O)C(=O)O. The van der Waals surface area contributed by atoms with E-state index in [-0.39, 0.29) is 0 Å². The third-order valence-electron chi connectivity index (χ3n) is 3.33. The molecule has 25 heavy (non-hydrogen) atoms. The molecule has 2 unspecified atom stereocenters. The van der Waals surface area contributed by atoms with Crippen LogP contribution in [-0.2, 0) is 9.59 Å². The summed E-state index contributed by atoms with van der Waals surface area (Å²) in [5, 5.41) is 33.9. The summed E-state index contributed by atoms with van der Waals surface area (Å²) in [5.74, 6) is -2.85. The Morgan fingerprint density at radius 3 is 2.04 bits per heavy atom. The molecular weight excluding hydrogens is 324 g/mol. The highest BCUT2D eigenvalue weighted by Gasteiger charge is 2.16. The molecule has 0 heterocycles. The zero-order chi connectivity index (χ0) is 20.0. The Morgan fingerprint density at radius 2 is 1.68 bits per heavy atom. The van der Waals surface area contributed by atoms with Crippen molar-refractivity contribution >= 4 is 11.9 Å². The minimum Gasteiger partial charge on any atom is -0.481 e. The number of carboxylic acids is 2. The summed E-state index contributed by atoms with van der Waals surface area (Å²) in [7, 11) is 0. The second kappa shape index (κ2) is 13.4. The van der Waals surface area contributed by atoms with Gasteiger partial charge in [0.1, 0.15) is 0 Å². The van der Waals surface area contributed by atoms with Gasteiger partial charge in [0.25, 0.3) is 0 Å². The lowest BCUT2D eigenvalue weighted by Crippen LogP contribution is -2.22. The van der Waals surface area contributed by atoms with Crippen LogP contribution in [0.25, 0.3) is 0 Å². The maximum atomic E-state index is 9.73. The first kappa shape index (κ1) is 25.3. The number of aliphatic hydroxyl groups is 2. The van der Waals surface area contributed by atoms with Gasteiger partial charge in [-0.1, -0.05) is 29.4 Å². The summed E-state index contributed by atoms with van der Waals surface area (Å²) in [6, 6.07) is 0. The van der Waals surface area contributed by atoms with Crippen LogP contribution in [0.1, 0.15) is 59.8 Å². The number of hydrogen-bond donors (Lipinski definition) is 4. The minimum absolute atomic E-state index is 0.726. The van der Waals surface area contributed by atoms with Gasteiger partial charge in [0, 0.05) is 0 Å². The van der Waals surface area contributed by atoms with Gasteiger partial charge in [-0.2, -0.15) is 0 Å². The molecule has 0 bridgehead atoms. The Hall–Kier alpha value is -1.92. The largest absolute Gasteiger partial charge is 0.481 e. The van der Waals surface area contributed by atoms with Gasteiger partial charge in [0.15, 0.2) is 6.10 Å². The molecule has 0 radical (unpaired) electrons. The van der Waals surface area contributed by atoms with Gasteiger partial charge in [-0.3, -0.25) is 4.79 Å². The Bertz CT molecular complexity index is 484. The van der Waals surface area contributed by atoms with Crippen LogP contribution in [0.4, 0.5) is 0 Å². The first-order valence-electron chi connectivity index (χ1n) is 8.19. The molecule has 0 aromatic carbocycles. The fraction of sp³-hybridized carbons (Fsp3) is 0.579. The molecule has 0 aromatic heterocycles. The molecular formula is C19H32O6. The van der Waals surface area contributed by atoms with E-state index >= 15 is 0 Å². The molecule has 0 saturated carbocycles. The third kappa shape index (κ3) is 18.3. The van der Waals surface area contributed by atoms with Crippen LogP contribution in [0.3, 0.4) is 0 Å². The molecule has 144 valence electrons. The molecule has 0 amide bonds. The molecule has 6 heteroatoms. The standard InChI is InChI=1S/C15H26O.C4H6O5/c1-6-15(5,16)12-8-11-14(4)10-7-9-13(2)3;5-2(4(8)9)1-3(6)7/h6,9,11,16H,1,7-8,10,12H2,2-5H3;2,5H,1H2,(H,6,7)(H,8,9). The monoisotopic (exact) mass is 356 g/mol. The smallest absolute Gasteiger partial charge is 0.333 e. The first-order valence-corrected chi connectivity index (χ1v) is 8.19. The van der Waals surface area contributed by atoms with Crippen molar-refractivity contribution in [1.29, 1.82) is 0 Å². The first-order chi connectivity index (χ1) is 11.4. The maximum absolute atomic E-state index is 9.73. The average molecular weight is 356 g/mol. The van der Waals surface area contributed by atoms with E-state index in [0.717, 1.165) is 25.7 Å². The Kier molecular flexibility index (Phi) is 13.6. The fourth-order valence-corrected chi connectivity index (χ4v) is 1.66. The molecule has 2 atom stereocenters. The lowest BCUT2D eigenvalue weighted by atomic mass is 9.99. The van der Waals surface area contributed by atoms with Crippen LogP contribution in [-0.4, -0.2) is 44.1 Å². The second-order valence-electron chi connectivity index (χ2n) is 6.42. The van der Waals surface area contributed by atoms with E-state index in [4.69, 9.17) is 15.3 Å². The maximum Gasteiger partial charge on any atom is 0.333 e. The van der Waals surface area contributed by atoms with Crippen LogP contribution < -0.4 is 0 Å². The van der Waals surface area contributed by atoms with Gasteiger partial charge >= 0.3 is 11.9 Å². The highest BCUT2D eigenvalue weighted by Crippen LogP contribution is 2.15. The molecule has 0 spiro atoms. The molecule has 0 aliphatic rings. The zero-order valence-electron chi connectivity index (χ0n) is 15.7. The van der Waals surface area contributed by atoms with Crippen molar-refractivity contribution in [3.05, 3.63) is 36.0 Å². The second-order valence-corrected chi connectivity index (χ2v) is 6.42. The lowest BCUT2D eigenvalue weighted by molar-refractivity contribution is -0.152. The van der Waals surface area contributed by atoms with Crippen molar-refractivity contribution in [2.24, 2.45) is 0 Å². The summed E-state index contributed by atoms with van der Waals surface area (Å²) in [6.07, 6.45) is 7.44. The van der Waals surface area contributed by atoms with Crippen molar-refractivity contribution in [3.63, 3.8) is 0 Å². The average Bonchev–Trinajstić information content (AvgIpc) is 2.46. The number of carbonyl (C=O) groups is 2. The van der Waals surface area contributed by atoms with E-state index in [2.05, 4.69) is 39.5 Å². The van der Waals surface area contributed by atoms with Crippen LogP contribution in [0.5, 0.6) is 0 Å². The molecule has 0 aliphatic carbocycles. The number of carboxylic acid groups (broad SMARTS) is 2. The molecule has 6 nitrogen and oxygen atoms in total. The lowest BCUT2D eigenvalue weighted by Gasteiger charge is -2.16. The summed E-state index contributed by atoms with van der Waals surface area (Å²) in [4.78, 5) is 19.4. The van der Waals surface area contributed by atoms with Crippen molar-refractivity contribution in [2.75, 3.05) is 0 Å².